The Labute approximate surface area is 120 Å². The van der Waals surface area contributed by atoms with Crippen molar-refractivity contribution in [3.63, 3.8) is 0 Å². The van der Waals surface area contributed by atoms with E-state index < -0.39 is 0 Å². The smallest absolute Gasteiger partial charge is 0.224 e. The fraction of sp³-hybridized carbons (Fsp3) is 0.562. The van der Waals surface area contributed by atoms with Crippen molar-refractivity contribution in [1.82, 2.24) is 5.06 Å². The van der Waals surface area contributed by atoms with Gasteiger partial charge in [0.25, 0.3) is 0 Å². The molecule has 0 unspecified atom stereocenters. The third kappa shape index (κ3) is 1.64. The highest BCUT2D eigenvalue weighted by atomic mass is 16.7. The van der Waals surface area contributed by atoms with Gasteiger partial charge in [-0.05, 0) is 56.9 Å². The fourth-order valence-electron chi connectivity index (χ4n) is 3.81. The van der Waals surface area contributed by atoms with E-state index in [0.717, 1.165) is 12.1 Å². The van der Waals surface area contributed by atoms with Crippen LogP contribution < -0.4 is 5.32 Å². The summed E-state index contributed by atoms with van der Waals surface area (Å²) in [6.45, 7) is 8.66. The topological polar surface area (TPSA) is 41.6 Å². The molecule has 0 radical (unpaired) electrons. The van der Waals surface area contributed by atoms with Crippen LogP contribution in [0, 0.1) is 0 Å². The van der Waals surface area contributed by atoms with Crippen molar-refractivity contribution in [2.75, 3.05) is 12.4 Å². The van der Waals surface area contributed by atoms with E-state index in [4.69, 9.17) is 4.84 Å². The van der Waals surface area contributed by atoms with E-state index in [-0.39, 0.29) is 17.0 Å². The summed E-state index contributed by atoms with van der Waals surface area (Å²) in [6.07, 6.45) is 1.39. The zero-order chi connectivity index (χ0) is 14.7. The number of carbonyl (C=O) groups is 1. The maximum absolute atomic E-state index is 11.6. The van der Waals surface area contributed by atoms with Gasteiger partial charge in [-0.1, -0.05) is 6.07 Å². The summed E-state index contributed by atoms with van der Waals surface area (Å²) in [5.74, 6) is 0.108. The van der Waals surface area contributed by atoms with E-state index in [1.54, 1.807) is 7.11 Å². The van der Waals surface area contributed by atoms with Crippen molar-refractivity contribution in [1.29, 1.82) is 0 Å². The molecule has 0 saturated heterocycles. The van der Waals surface area contributed by atoms with Crippen LogP contribution in [0.3, 0.4) is 0 Å². The molecule has 2 aliphatic heterocycles. The zero-order valence-corrected chi connectivity index (χ0v) is 12.8. The molecular weight excluding hydrogens is 252 g/mol. The van der Waals surface area contributed by atoms with Crippen LogP contribution in [0.15, 0.2) is 12.1 Å². The maximum atomic E-state index is 11.6. The van der Waals surface area contributed by atoms with Crippen LogP contribution in [0.2, 0.25) is 0 Å². The molecule has 0 aromatic heterocycles. The van der Waals surface area contributed by atoms with Crippen molar-refractivity contribution in [3.8, 4) is 0 Å². The number of aryl methyl sites for hydroxylation is 1. The number of hydroxylamine groups is 2. The van der Waals surface area contributed by atoms with Gasteiger partial charge in [0, 0.05) is 12.1 Å². The summed E-state index contributed by atoms with van der Waals surface area (Å²) in [5.41, 5.74) is 4.31. The number of carbonyl (C=O) groups excluding carboxylic acids is 1. The average molecular weight is 274 g/mol. The van der Waals surface area contributed by atoms with Crippen molar-refractivity contribution in [2.45, 2.75) is 51.6 Å². The van der Waals surface area contributed by atoms with Crippen LogP contribution >= 0.6 is 0 Å². The Kier molecular flexibility index (Phi) is 2.76. The maximum Gasteiger partial charge on any atom is 0.224 e. The van der Waals surface area contributed by atoms with Gasteiger partial charge in [-0.25, -0.2) is 0 Å². The second kappa shape index (κ2) is 4.06. The quantitative estimate of drug-likeness (QED) is 0.856. The number of fused-ring (bicyclic) bond motifs is 2. The minimum absolute atomic E-state index is 0.108. The van der Waals surface area contributed by atoms with E-state index in [1.165, 1.54) is 16.7 Å². The van der Waals surface area contributed by atoms with Crippen molar-refractivity contribution < 1.29 is 9.63 Å². The lowest BCUT2D eigenvalue weighted by Gasteiger charge is -2.38. The Balaban J connectivity index is 2.20. The van der Waals surface area contributed by atoms with Crippen LogP contribution in [0.25, 0.3) is 0 Å². The average Bonchev–Trinajstić information content (AvgIpc) is 2.50. The Hall–Kier alpha value is -1.39. The number of benzene rings is 1. The molecule has 0 atom stereocenters. The fourth-order valence-corrected chi connectivity index (χ4v) is 3.81. The van der Waals surface area contributed by atoms with Gasteiger partial charge in [0.1, 0.15) is 0 Å². The van der Waals surface area contributed by atoms with Gasteiger partial charge in [-0.15, -0.1) is 0 Å². The Morgan fingerprint density at radius 1 is 1.10 bits per heavy atom. The SMILES string of the molecule is CON1C(C)(C)c2cc3c(cc2C1(C)C)NC(=O)CC3. The Bertz CT molecular complexity index is 590. The van der Waals surface area contributed by atoms with Crippen LogP contribution in [0.4, 0.5) is 5.69 Å². The molecule has 0 saturated carbocycles. The molecule has 1 N–H and O–H groups in total. The molecule has 1 amide bonds. The number of hydrogen-bond acceptors (Lipinski definition) is 3. The predicted octanol–water partition coefficient (Wildman–Crippen LogP) is 2.92. The minimum atomic E-state index is -0.217. The van der Waals surface area contributed by atoms with Crippen molar-refractivity contribution >= 4 is 11.6 Å². The molecule has 1 aromatic carbocycles. The molecule has 108 valence electrons. The summed E-state index contributed by atoms with van der Waals surface area (Å²) in [6, 6.07) is 4.37. The third-order valence-electron chi connectivity index (χ3n) is 4.66. The van der Waals surface area contributed by atoms with Crippen LogP contribution in [-0.2, 0) is 27.1 Å². The Morgan fingerprint density at radius 3 is 2.30 bits per heavy atom. The molecule has 2 aliphatic rings. The van der Waals surface area contributed by atoms with Gasteiger partial charge in [0.2, 0.25) is 5.91 Å². The largest absolute Gasteiger partial charge is 0.326 e. The van der Waals surface area contributed by atoms with E-state index in [2.05, 4.69) is 45.1 Å². The predicted molar refractivity (Wildman–Crippen MR) is 78.3 cm³/mol. The number of hydrogen-bond donors (Lipinski definition) is 1. The molecule has 1 aromatic rings. The summed E-state index contributed by atoms with van der Waals surface area (Å²) in [7, 11) is 1.72. The monoisotopic (exact) mass is 274 g/mol. The highest BCUT2D eigenvalue weighted by Crippen LogP contribution is 2.51. The minimum Gasteiger partial charge on any atom is -0.326 e. The summed E-state index contributed by atoms with van der Waals surface area (Å²) in [5, 5.41) is 5.03. The van der Waals surface area contributed by atoms with Gasteiger partial charge < -0.3 is 10.2 Å². The standard InChI is InChI=1S/C16H22N2O2/c1-15(2)11-8-10-6-7-14(19)17-13(10)9-12(11)16(3,4)18(15)20-5/h8-9H,6-7H2,1-5H3,(H,17,19). The van der Waals surface area contributed by atoms with Crippen LogP contribution in [-0.4, -0.2) is 18.1 Å². The van der Waals surface area contributed by atoms with E-state index in [1.807, 2.05) is 5.06 Å². The molecule has 3 rings (SSSR count). The number of amides is 1. The molecular formula is C16H22N2O2. The molecule has 0 bridgehead atoms. The summed E-state index contributed by atoms with van der Waals surface area (Å²) in [4.78, 5) is 17.2. The van der Waals surface area contributed by atoms with Gasteiger partial charge >= 0.3 is 0 Å². The normalized spacial score (nSPS) is 23.1. The molecule has 0 spiro atoms. The first-order chi connectivity index (χ1) is 9.28. The lowest BCUT2D eigenvalue weighted by Crippen LogP contribution is -2.44. The second-order valence-corrected chi connectivity index (χ2v) is 6.70. The van der Waals surface area contributed by atoms with Gasteiger partial charge in [0.15, 0.2) is 0 Å². The van der Waals surface area contributed by atoms with Gasteiger partial charge in [0.05, 0.1) is 18.2 Å². The molecule has 4 heteroatoms. The first-order valence-corrected chi connectivity index (χ1v) is 7.10. The zero-order valence-electron chi connectivity index (χ0n) is 12.8. The number of nitrogens with one attached hydrogen (secondary N) is 1. The summed E-state index contributed by atoms with van der Waals surface area (Å²) < 4.78 is 0. The third-order valence-corrected chi connectivity index (χ3v) is 4.66. The van der Waals surface area contributed by atoms with Gasteiger partial charge in [-0.2, -0.15) is 5.06 Å². The van der Waals surface area contributed by atoms with Crippen molar-refractivity contribution in [3.05, 3.63) is 28.8 Å². The molecule has 20 heavy (non-hydrogen) atoms. The summed E-state index contributed by atoms with van der Waals surface area (Å²) >= 11 is 0. The molecule has 2 heterocycles. The lowest BCUT2D eigenvalue weighted by molar-refractivity contribution is -0.241. The highest BCUT2D eigenvalue weighted by molar-refractivity contribution is 5.94. The first kappa shape index (κ1) is 13.6. The van der Waals surface area contributed by atoms with E-state index in [9.17, 15) is 4.79 Å². The van der Waals surface area contributed by atoms with Crippen LogP contribution in [0.5, 0.6) is 0 Å². The number of anilines is 1. The first-order valence-electron chi connectivity index (χ1n) is 7.10. The highest BCUT2D eigenvalue weighted by Gasteiger charge is 2.50. The van der Waals surface area contributed by atoms with E-state index >= 15 is 0 Å². The molecule has 4 nitrogen and oxygen atoms in total. The lowest BCUT2D eigenvalue weighted by atomic mass is 9.86. The molecule has 0 aliphatic carbocycles. The Morgan fingerprint density at radius 2 is 1.70 bits per heavy atom. The number of rotatable bonds is 1. The van der Waals surface area contributed by atoms with E-state index in [0.29, 0.717) is 6.42 Å². The van der Waals surface area contributed by atoms with Gasteiger partial charge in [-0.3, -0.25) is 4.79 Å². The molecule has 0 fully saturated rings. The second-order valence-electron chi connectivity index (χ2n) is 6.70. The number of nitrogens with zero attached hydrogens (tertiary/aromatic N) is 1. The van der Waals surface area contributed by atoms with Crippen LogP contribution in [0.1, 0.15) is 50.8 Å². The van der Waals surface area contributed by atoms with Crippen molar-refractivity contribution in [2.24, 2.45) is 0 Å².